The van der Waals surface area contributed by atoms with Crippen molar-refractivity contribution in [1.29, 1.82) is 0 Å². The second-order valence-corrected chi connectivity index (χ2v) is 12.3. The quantitative estimate of drug-likeness (QED) is 0.370. The molecule has 0 saturated heterocycles. The molecule has 38 heavy (non-hydrogen) atoms. The number of anilines is 1. The summed E-state index contributed by atoms with van der Waals surface area (Å²) in [7, 11) is -4.11. The van der Waals surface area contributed by atoms with Gasteiger partial charge in [0.15, 0.2) is 0 Å². The van der Waals surface area contributed by atoms with Crippen molar-refractivity contribution in [3.05, 3.63) is 95.5 Å². The van der Waals surface area contributed by atoms with Crippen molar-refractivity contribution in [3.8, 4) is 0 Å². The molecule has 0 aromatic heterocycles. The van der Waals surface area contributed by atoms with Gasteiger partial charge >= 0.3 is 0 Å². The van der Waals surface area contributed by atoms with Crippen LogP contribution in [0.5, 0.6) is 0 Å². The third-order valence-corrected chi connectivity index (χ3v) is 7.84. The summed E-state index contributed by atoms with van der Waals surface area (Å²) in [5, 5.41) is 3.40. The Labute approximate surface area is 230 Å². The highest BCUT2D eigenvalue weighted by molar-refractivity contribution is 7.92. The minimum absolute atomic E-state index is 0.0508. The number of nitrogens with zero attached hydrogens (tertiary/aromatic N) is 2. The molecule has 0 unspecified atom stereocenters. The molecule has 0 aliphatic heterocycles. The molecule has 0 saturated carbocycles. The van der Waals surface area contributed by atoms with E-state index < -0.39 is 34.1 Å². The van der Waals surface area contributed by atoms with E-state index in [1.54, 1.807) is 42.5 Å². The maximum atomic E-state index is 14.0. The standard InChI is InChI=1S/C29H34ClN3O4S/c1-5-26(28(35)31-29(2,3)4)32(20-22-12-8-6-9-13-22)27(34)21-33(24-18-16-23(30)17-19-24)38(36,37)25-14-10-7-11-15-25/h6-19,26H,5,20-21H2,1-4H3,(H,31,35)/t26-/m1/s1. The largest absolute Gasteiger partial charge is 0.350 e. The number of carbonyl (C=O) groups excluding carboxylic acids is 2. The first-order valence-electron chi connectivity index (χ1n) is 12.4. The number of sulfonamides is 1. The van der Waals surface area contributed by atoms with E-state index in [0.29, 0.717) is 17.1 Å². The van der Waals surface area contributed by atoms with Gasteiger partial charge in [0.2, 0.25) is 11.8 Å². The summed E-state index contributed by atoms with van der Waals surface area (Å²) in [6.45, 7) is 7.09. The SMILES string of the molecule is CC[C@H](C(=O)NC(C)(C)C)N(Cc1ccccc1)C(=O)CN(c1ccc(Cl)cc1)S(=O)(=O)c1ccccc1. The number of amides is 2. The van der Waals surface area contributed by atoms with E-state index in [4.69, 9.17) is 11.6 Å². The lowest BCUT2D eigenvalue weighted by Gasteiger charge is -2.34. The average Bonchev–Trinajstić information content (AvgIpc) is 2.87. The summed E-state index contributed by atoms with van der Waals surface area (Å²) in [4.78, 5) is 28.8. The van der Waals surface area contributed by atoms with Crippen LogP contribution < -0.4 is 9.62 Å². The zero-order chi connectivity index (χ0) is 27.9. The minimum atomic E-state index is -4.11. The molecule has 0 fully saturated rings. The van der Waals surface area contributed by atoms with Gasteiger partial charge in [-0.2, -0.15) is 0 Å². The van der Waals surface area contributed by atoms with Crippen LogP contribution in [0.1, 0.15) is 39.7 Å². The zero-order valence-corrected chi connectivity index (χ0v) is 23.7. The molecule has 3 aromatic carbocycles. The van der Waals surface area contributed by atoms with Gasteiger partial charge in [-0.1, -0.05) is 67.1 Å². The van der Waals surface area contributed by atoms with Crippen molar-refractivity contribution in [2.24, 2.45) is 0 Å². The van der Waals surface area contributed by atoms with E-state index >= 15 is 0 Å². The van der Waals surface area contributed by atoms with Crippen LogP contribution >= 0.6 is 11.6 Å². The molecule has 1 N–H and O–H groups in total. The van der Waals surface area contributed by atoms with E-state index in [0.717, 1.165) is 9.87 Å². The second kappa shape index (κ2) is 12.5. The highest BCUT2D eigenvalue weighted by Gasteiger charge is 2.34. The van der Waals surface area contributed by atoms with E-state index in [2.05, 4.69) is 5.32 Å². The Morgan fingerprint density at radius 2 is 1.45 bits per heavy atom. The van der Waals surface area contributed by atoms with Gasteiger partial charge < -0.3 is 10.2 Å². The van der Waals surface area contributed by atoms with Crippen LogP contribution in [0.4, 0.5) is 5.69 Å². The number of carbonyl (C=O) groups is 2. The number of nitrogens with one attached hydrogen (secondary N) is 1. The van der Waals surface area contributed by atoms with Gasteiger partial charge in [0.1, 0.15) is 12.6 Å². The minimum Gasteiger partial charge on any atom is -0.350 e. The van der Waals surface area contributed by atoms with E-state index in [1.807, 2.05) is 58.0 Å². The molecule has 0 aliphatic carbocycles. The molecule has 7 nitrogen and oxygen atoms in total. The van der Waals surface area contributed by atoms with Crippen LogP contribution in [-0.4, -0.2) is 43.3 Å². The fourth-order valence-corrected chi connectivity index (χ4v) is 5.57. The van der Waals surface area contributed by atoms with Crippen molar-refractivity contribution >= 4 is 39.1 Å². The van der Waals surface area contributed by atoms with Gasteiger partial charge in [0.05, 0.1) is 10.6 Å². The van der Waals surface area contributed by atoms with Crippen molar-refractivity contribution < 1.29 is 18.0 Å². The molecule has 0 radical (unpaired) electrons. The van der Waals surface area contributed by atoms with Gasteiger partial charge in [-0.25, -0.2) is 8.42 Å². The van der Waals surface area contributed by atoms with Crippen molar-refractivity contribution in [3.63, 3.8) is 0 Å². The summed E-state index contributed by atoms with van der Waals surface area (Å²) in [5.41, 5.74) is 0.614. The molecular formula is C29H34ClN3O4S. The maximum absolute atomic E-state index is 14.0. The third-order valence-electron chi connectivity index (χ3n) is 5.80. The molecule has 0 spiro atoms. The van der Waals surface area contributed by atoms with E-state index in [1.165, 1.54) is 17.0 Å². The molecule has 9 heteroatoms. The fraction of sp³-hybridized carbons (Fsp3) is 0.310. The fourth-order valence-electron chi connectivity index (χ4n) is 4.01. The van der Waals surface area contributed by atoms with Gasteiger partial charge in [0, 0.05) is 17.1 Å². The van der Waals surface area contributed by atoms with Crippen LogP contribution in [0.3, 0.4) is 0 Å². The van der Waals surface area contributed by atoms with Crippen LogP contribution in [-0.2, 0) is 26.2 Å². The molecular weight excluding hydrogens is 522 g/mol. The normalized spacial score (nSPS) is 12.4. The smallest absolute Gasteiger partial charge is 0.264 e. The van der Waals surface area contributed by atoms with Crippen molar-refractivity contribution in [1.82, 2.24) is 10.2 Å². The Morgan fingerprint density at radius 3 is 1.97 bits per heavy atom. The second-order valence-electron chi connectivity index (χ2n) is 9.97. The highest BCUT2D eigenvalue weighted by Crippen LogP contribution is 2.26. The Bertz CT molecular complexity index is 1330. The summed E-state index contributed by atoms with van der Waals surface area (Å²) < 4.78 is 28.5. The maximum Gasteiger partial charge on any atom is 0.264 e. The summed E-state index contributed by atoms with van der Waals surface area (Å²) in [6, 6.07) is 22.7. The lowest BCUT2D eigenvalue weighted by atomic mass is 10.1. The zero-order valence-electron chi connectivity index (χ0n) is 22.1. The van der Waals surface area contributed by atoms with Crippen LogP contribution in [0.15, 0.2) is 89.8 Å². The topological polar surface area (TPSA) is 86.8 Å². The number of benzene rings is 3. The van der Waals surface area contributed by atoms with Gasteiger partial charge in [-0.15, -0.1) is 0 Å². The predicted molar refractivity (Wildman–Crippen MR) is 151 cm³/mol. The van der Waals surface area contributed by atoms with E-state index in [9.17, 15) is 18.0 Å². The molecule has 202 valence electrons. The van der Waals surface area contributed by atoms with Crippen molar-refractivity contribution in [2.75, 3.05) is 10.8 Å². The van der Waals surface area contributed by atoms with Gasteiger partial charge in [0.25, 0.3) is 10.0 Å². The molecule has 3 rings (SSSR count). The Morgan fingerprint density at radius 1 is 0.895 bits per heavy atom. The van der Waals surface area contributed by atoms with Crippen LogP contribution in [0, 0.1) is 0 Å². The first-order valence-corrected chi connectivity index (χ1v) is 14.2. The Balaban J connectivity index is 2.04. The average molecular weight is 556 g/mol. The van der Waals surface area contributed by atoms with Crippen LogP contribution in [0.2, 0.25) is 5.02 Å². The third kappa shape index (κ3) is 7.58. The monoisotopic (exact) mass is 555 g/mol. The van der Waals surface area contributed by atoms with E-state index in [-0.39, 0.29) is 17.3 Å². The number of hydrogen-bond donors (Lipinski definition) is 1. The molecule has 3 aromatic rings. The summed E-state index contributed by atoms with van der Waals surface area (Å²) in [5.74, 6) is -0.799. The molecule has 0 bridgehead atoms. The Kier molecular flexibility index (Phi) is 9.57. The number of hydrogen-bond acceptors (Lipinski definition) is 4. The molecule has 0 aliphatic rings. The predicted octanol–water partition coefficient (Wildman–Crippen LogP) is 5.26. The van der Waals surface area contributed by atoms with Crippen molar-refractivity contribution in [2.45, 2.75) is 57.1 Å². The lowest BCUT2D eigenvalue weighted by Crippen LogP contribution is -2.55. The lowest BCUT2D eigenvalue weighted by molar-refractivity contribution is -0.141. The van der Waals surface area contributed by atoms with Gasteiger partial charge in [-0.3, -0.25) is 13.9 Å². The Hall–Kier alpha value is -3.36. The number of halogens is 1. The first kappa shape index (κ1) is 29.2. The summed E-state index contributed by atoms with van der Waals surface area (Å²) in [6.07, 6.45) is 0.354. The molecule has 2 amide bonds. The number of rotatable bonds is 10. The highest BCUT2D eigenvalue weighted by atomic mass is 35.5. The summed E-state index contributed by atoms with van der Waals surface area (Å²) >= 11 is 6.05. The molecule has 0 heterocycles. The van der Waals surface area contributed by atoms with Gasteiger partial charge in [-0.05, 0) is 69.2 Å². The first-order chi connectivity index (χ1) is 17.9. The molecule has 1 atom stereocenters. The van der Waals surface area contributed by atoms with Crippen LogP contribution in [0.25, 0.3) is 0 Å².